The largest absolute Gasteiger partial charge is 0.382 e. The van der Waals surface area contributed by atoms with Gasteiger partial charge < -0.3 is 25.6 Å². The van der Waals surface area contributed by atoms with Gasteiger partial charge in [-0.05, 0) is 30.6 Å². The van der Waals surface area contributed by atoms with E-state index >= 15 is 4.39 Å². The van der Waals surface area contributed by atoms with Crippen molar-refractivity contribution in [1.29, 1.82) is 0 Å². The number of aromatic nitrogens is 8. The maximum absolute atomic E-state index is 15.2. The van der Waals surface area contributed by atoms with Gasteiger partial charge in [-0.25, -0.2) is 24.3 Å². The Labute approximate surface area is 256 Å². The number of H-pyrrole nitrogens is 1. The van der Waals surface area contributed by atoms with Gasteiger partial charge in [0.2, 0.25) is 12.3 Å². The number of nitrogens with zero attached hydrogens (tertiary/aromatic N) is 7. The Kier molecular flexibility index (Phi) is 9.65. The zero-order chi connectivity index (χ0) is 30.9. The summed E-state index contributed by atoms with van der Waals surface area (Å²) in [6.07, 6.45) is 5.71. The van der Waals surface area contributed by atoms with Gasteiger partial charge in [-0.1, -0.05) is 33.1 Å². The molecule has 4 aromatic rings. The molecule has 4 aromatic heterocycles. The Hall–Kier alpha value is -2.73. The molecule has 0 spiro atoms. The summed E-state index contributed by atoms with van der Waals surface area (Å²) in [6, 6.07) is 0. The number of ether oxygens (including phenoxy) is 1. The maximum atomic E-state index is 15.2. The normalized spacial score (nSPS) is 22.0. The number of alkyl halides is 1. The SMILES string of the molecule is CC(C)CCCC[C@@H]1C[C@@H](COP(O)(=S)O[C@H](F)[C@@H](S)n2cnc3c(=O)[nH]c(N)nc32)O[C@H]1n1cnc2c(N)ncnc21. The minimum Gasteiger partial charge on any atom is -0.382 e. The number of halogens is 1. The first-order valence-corrected chi connectivity index (χ1v) is 16.8. The number of rotatable bonds is 13. The van der Waals surface area contributed by atoms with Crippen molar-refractivity contribution in [3.05, 3.63) is 29.3 Å². The standard InChI is InChI=1S/C24H34FN10O5PS2/c1-12(2)5-3-4-6-13-7-14(39-22(13)34-10-30-15-18(26)28-9-29-19(15)34)8-38-41(37,43)40-17(25)23(42)35-11-31-16-20(35)32-24(27)33-21(16)36/h9-14,17,22-23,42H,3-8H2,1-2H3,(H,37,43)(H2,26,28,29)(H3,27,32,33,36)/t13-,14+,17+,22-,23-,41?/m1/s1. The van der Waals surface area contributed by atoms with Crippen molar-refractivity contribution in [3.8, 4) is 0 Å². The number of thiol groups is 1. The minimum atomic E-state index is -4.09. The van der Waals surface area contributed by atoms with Crippen LogP contribution < -0.4 is 17.0 Å². The molecule has 1 fully saturated rings. The van der Waals surface area contributed by atoms with Crippen LogP contribution in [0.5, 0.6) is 0 Å². The average Bonchev–Trinajstić information content (AvgIpc) is 3.66. The summed E-state index contributed by atoms with van der Waals surface area (Å²) < 4.78 is 35.1. The third-order valence-corrected chi connectivity index (χ3v) is 9.20. The van der Waals surface area contributed by atoms with Gasteiger partial charge in [-0.15, -0.1) is 12.6 Å². The van der Waals surface area contributed by atoms with Crippen LogP contribution in [0, 0.1) is 11.8 Å². The first-order valence-electron chi connectivity index (χ1n) is 13.7. The van der Waals surface area contributed by atoms with Crippen LogP contribution in [0.2, 0.25) is 0 Å². The summed E-state index contributed by atoms with van der Waals surface area (Å²) in [5.41, 5.74) is 11.9. The third-order valence-electron chi connectivity index (χ3n) is 7.20. The van der Waals surface area contributed by atoms with Crippen molar-refractivity contribution in [2.45, 2.75) is 70.0 Å². The summed E-state index contributed by atoms with van der Waals surface area (Å²) in [4.78, 5) is 45.7. The molecule has 15 nitrogen and oxygen atoms in total. The van der Waals surface area contributed by atoms with Crippen LogP contribution in [-0.4, -0.2) is 63.0 Å². The fraction of sp³-hybridized carbons (Fsp3) is 0.583. The van der Waals surface area contributed by atoms with Crippen molar-refractivity contribution < 1.29 is 23.1 Å². The zero-order valence-corrected chi connectivity index (χ0v) is 26.1. The second-order valence-electron chi connectivity index (χ2n) is 10.8. The Morgan fingerprint density at radius 2 is 2.00 bits per heavy atom. The van der Waals surface area contributed by atoms with Gasteiger partial charge in [0, 0.05) is 5.92 Å². The molecule has 1 saturated heterocycles. The van der Waals surface area contributed by atoms with Gasteiger partial charge in [-0.3, -0.25) is 23.4 Å². The van der Waals surface area contributed by atoms with E-state index < -0.39 is 36.3 Å². The lowest BCUT2D eigenvalue weighted by atomic mass is 9.94. The lowest BCUT2D eigenvalue weighted by Gasteiger charge is -2.23. The van der Waals surface area contributed by atoms with E-state index in [9.17, 15) is 9.69 Å². The lowest BCUT2D eigenvalue weighted by molar-refractivity contribution is -0.0358. The van der Waals surface area contributed by atoms with Crippen molar-refractivity contribution in [1.82, 2.24) is 39.0 Å². The van der Waals surface area contributed by atoms with E-state index in [4.69, 9.17) is 37.1 Å². The molecule has 5 rings (SSSR count). The number of hydrogen-bond donors (Lipinski definition) is 5. The number of nitrogens with one attached hydrogen (secondary N) is 1. The summed E-state index contributed by atoms with van der Waals surface area (Å²) in [5.74, 6) is 0.786. The molecule has 0 aromatic carbocycles. The van der Waals surface area contributed by atoms with E-state index in [1.165, 1.54) is 6.33 Å². The van der Waals surface area contributed by atoms with Gasteiger partial charge in [0.15, 0.2) is 22.6 Å². The van der Waals surface area contributed by atoms with E-state index in [1.54, 1.807) is 6.33 Å². The maximum Gasteiger partial charge on any atom is 0.327 e. The summed E-state index contributed by atoms with van der Waals surface area (Å²) in [7, 11) is 0. The predicted molar refractivity (Wildman–Crippen MR) is 164 cm³/mol. The summed E-state index contributed by atoms with van der Waals surface area (Å²) >= 11 is 9.32. The molecule has 0 aliphatic carbocycles. The molecule has 0 radical (unpaired) electrons. The molecule has 1 aliphatic rings. The highest BCUT2D eigenvalue weighted by Gasteiger charge is 2.39. The van der Waals surface area contributed by atoms with Gasteiger partial charge in [0.25, 0.3) is 5.56 Å². The van der Waals surface area contributed by atoms with E-state index in [0.717, 1.165) is 36.6 Å². The van der Waals surface area contributed by atoms with Gasteiger partial charge in [0.05, 0.1) is 25.4 Å². The first-order chi connectivity index (χ1) is 20.4. The smallest absolute Gasteiger partial charge is 0.327 e. The lowest BCUT2D eigenvalue weighted by Crippen LogP contribution is -2.21. The topological polar surface area (TPSA) is 207 Å². The van der Waals surface area contributed by atoms with Crippen LogP contribution in [0.25, 0.3) is 22.3 Å². The number of nitrogen functional groups attached to an aromatic ring is 2. The molecular formula is C24H34FN10O5PS2. The molecule has 1 aliphatic heterocycles. The number of unbranched alkanes of at least 4 members (excludes halogenated alkanes) is 1. The molecule has 0 amide bonds. The van der Waals surface area contributed by atoms with E-state index in [0.29, 0.717) is 23.5 Å². The van der Waals surface area contributed by atoms with Gasteiger partial charge in [-0.2, -0.15) is 4.98 Å². The minimum absolute atomic E-state index is 0.0106. The second-order valence-corrected chi connectivity index (χ2v) is 14.1. The predicted octanol–water partition coefficient (Wildman–Crippen LogP) is 3.22. The number of hydrogen-bond acceptors (Lipinski definition) is 13. The molecule has 234 valence electrons. The fourth-order valence-electron chi connectivity index (χ4n) is 5.15. The first kappa shape index (κ1) is 31.7. The number of imidazole rings is 2. The Balaban J connectivity index is 1.24. The Morgan fingerprint density at radius 1 is 1.23 bits per heavy atom. The monoisotopic (exact) mass is 656 g/mol. The van der Waals surface area contributed by atoms with E-state index in [-0.39, 0.29) is 35.5 Å². The molecular weight excluding hydrogens is 622 g/mol. The Bertz CT molecular complexity index is 1690. The molecule has 0 saturated carbocycles. The van der Waals surface area contributed by atoms with Crippen molar-refractivity contribution in [2.24, 2.45) is 11.8 Å². The molecule has 1 unspecified atom stereocenters. The van der Waals surface area contributed by atoms with E-state index in [2.05, 4.69) is 56.4 Å². The zero-order valence-electron chi connectivity index (χ0n) is 23.5. The number of aromatic amines is 1. The molecule has 0 bridgehead atoms. The van der Waals surface area contributed by atoms with Crippen molar-refractivity contribution in [2.75, 3.05) is 18.1 Å². The van der Waals surface area contributed by atoms with Crippen molar-refractivity contribution in [3.63, 3.8) is 0 Å². The summed E-state index contributed by atoms with van der Waals surface area (Å²) in [6.45, 7) is 0.162. The highest BCUT2D eigenvalue weighted by molar-refractivity contribution is 8.07. The highest BCUT2D eigenvalue weighted by atomic mass is 32.5. The fourth-order valence-corrected chi connectivity index (χ4v) is 6.69. The van der Waals surface area contributed by atoms with Crippen LogP contribution in [0.15, 0.2) is 23.8 Å². The van der Waals surface area contributed by atoms with Gasteiger partial charge >= 0.3 is 6.72 Å². The number of anilines is 2. The molecule has 6 atom stereocenters. The van der Waals surface area contributed by atoms with Crippen LogP contribution in [0.4, 0.5) is 16.2 Å². The highest BCUT2D eigenvalue weighted by Crippen LogP contribution is 2.49. The quantitative estimate of drug-likeness (QED) is 0.0797. The number of nitrogens with two attached hydrogens (primary N) is 2. The van der Waals surface area contributed by atoms with Crippen LogP contribution in [0.3, 0.4) is 0 Å². The van der Waals surface area contributed by atoms with Gasteiger partial charge in [0.1, 0.15) is 23.4 Å². The molecule has 43 heavy (non-hydrogen) atoms. The number of fused-ring (bicyclic) bond motifs is 2. The van der Waals surface area contributed by atoms with Crippen molar-refractivity contribution >= 4 is 65.2 Å². The van der Waals surface area contributed by atoms with E-state index in [1.807, 2.05) is 4.57 Å². The van der Waals surface area contributed by atoms with Crippen LogP contribution >= 0.6 is 19.3 Å². The third kappa shape index (κ3) is 7.16. The van der Waals surface area contributed by atoms with Crippen LogP contribution in [0.1, 0.15) is 57.6 Å². The molecule has 6 N–H and O–H groups in total. The second kappa shape index (κ2) is 13.1. The molecule has 19 heteroatoms. The molecule has 5 heterocycles. The van der Waals surface area contributed by atoms with Crippen LogP contribution in [-0.2, 0) is 25.6 Å². The average molecular weight is 657 g/mol. The Morgan fingerprint density at radius 3 is 2.77 bits per heavy atom. The summed E-state index contributed by atoms with van der Waals surface area (Å²) in [5, 5.41) is -1.37.